The van der Waals surface area contributed by atoms with Gasteiger partial charge in [0, 0.05) is 0 Å². The third-order valence-corrected chi connectivity index (χ3v) is 6.93. The van der Waals surface area contributed by atoms with Gasteiger partial charge in [0.1, 0.15) is 30.2 Å². The van der Waals surface area contributed by atoms with Gasteiger partial charge in [-0.1, -0.05) is 43.3 Å². The van der Waals surface area contributed by atoms with Crippen LogP contribution in [0.1, 0.15) is 31.2 Å². The lowest BCUT2D eigenvalue weighted by Gasteiger charge is -2.21. The van der Waals surface area contributed by atoms with Gasteiger partial charge in [-0.25, -0.2) is 15.0 Å². The molecule has 0 radical (unpaired) electrons. The molecule has 0 aliphatic carbocycles. The van der Waals surface area contributed by atoms with E-state index >= 15 is 0 Å². The Bertz CT molecular complexity index is 1550. The zero-order valence-electron chi connectivity index (χ0n) is 19.7. The minimum atomic E-state index is -1.18. The number of rotatable bonds is 6. The first-order valence-electron chi connectivity index (χ1n) is 12.0. The van der Waals surface area contributed by atoms with Crippen LogP contribution in [0.2, 0.25) is 0 Å². The number of nitrogens with two attached hydrogens (primary N) is 1. The zero-order chi connectivity index (χ0) is 24.8. The predicted molar refractivity (Wildman–Crippen MR) is 136 cm³/mol. The molecular weight excluding hydrogens is 458 g/mol. The summed E-state index contributed by atoms with van der Waals surface area (Å²) in [4.78, 5) is 12.4. The van der Waals surface area contributed by atoms with Crippen LogP contribution in [0, 0.1) is 0 Å². The molecule has 6 rings (SSSR count). The third kappa shape index (κ3) is 3.86. The van der Waals surface area contributed by atoms with Crippen molar-refractivity contribution < 1.29 is 19.7 Å². The number of aliphatic hydroxyl groups is 2. The SMILES string of the molecule is CCC(OC[C@H]1O[C@@H](n2cnc3c(N)ncnc32)[C@H](O)[C@@H]1O)c1ccc2cc3ccccc3cc2c1. The van der Waals surface area contributed by atoms with E-state index < -0.39 is 24.5 Å². The van der Waals surface area contributed by atoms with E-state index in [0.29, 0.717) is 11.2 Å². The highest BCUT2D eigenvalue weighted by Gasteiger charge is 2.44. The molecule has 3 heterocycles. The van der Waals surface area contributed by atoms with Crippen LogP contribution in [0.4, 0.5) is 5.82 Å². The van der Waals surface area contributed by atoms with E-state index in [9.17, 15) is 10.2 Å². The fraction of sp³-hybridized carbons (Fsp3) is 0.296. The molecule has 0 saturated carbocycles. The first-order valence-corrected chi connectivity index (χ1v) is 12.0. The van der Waals surface area contributed by atoms with Crippen molar-refractivity contribution in [1.82, 2.24) is 19.5 Å². The van der Waals surface area contributed by atoms with Crippen molar-refractivity contribution in [1.29, 1.82) is 0 Å². The van der Waals surface area contributed by atoms with Crippen LogP contribution in [-0.4, -0.2) is 54.7 Å². The van der Waals surface area contributed by atoms with Gasteiger partial charge in [0.05, 0.1) is 19.0 Å². The number of aliphatic hydroxyl groups excluding tert-OH is 2. The topological polar surface area (TPSA) is 129 Å². The minimum Gasteiger partial charge on any atom is -0.387 e. The lowest BCUT2D eigenvalue weighted by molar-refractivity contribution is -0.0822. The quantitative estimate of drug-likeness (QED) is 0.312. The van der Waals surface area contributed by atoms with Gasteiger partial charge in [0.25, 0.3) is 0 Å². The van der Waals surface area contributed by atoms with E-state index in [-0.39, 0.29) is 18.5 Å². The Morgan fingerprint density at radius 2 is 1.72 bits per heavy atom. The van der Waals surface area contributed by atoms with E-state index in [4.69, 9.17) is 15.2 Å². The molecule has 4 N–H and O–H groups in total. The van der Waals surface area contributed by atoms with Gasteiger partial charge in [-0.2, -0.15) is 0 Å². The molecule has 9 nitrogen and oxygen atoms in total. The normalized spacial score (nSPS) is 23.1. The van der Waals surface area contributed by atoms with E-state index in [1.807, 2.05) is 12.1 Å². The number of anilines is 1. The van der Waals surface area contributed by atoms with E-state index in [2.05, 4.69) is 64.3 Å². The molecule has 0 bridgehead atoms. The molecule has 3 aromatic carbocycles. The summed E-state index contributed by atoms with van der Waals surface area (Å²) in [6.07, 6.45) is -0.541. The van der Waals surface area contributed by atoms with Crippen molar-refractivity contribution in [3.05, 3.63) is 72.8 Å². The number of fused-ring (bicyclic) bond motifs is 3. The number of ether oxygens (including phenoxy) is 2. The summed E-state index contributed by atoms with van der Waals surface area (Å²) < 4.78 is 13.8. The largest absolute Gasteiger partial charge is 0.387 e. The molecule has 2 aromatic heterocycles. The van der Waals surface area contributed by atoms with Gasteiger partial charge in [-0.3, -0.25) is 4.57 Å². The maximum atomic E-state index is 10.7. The summed E-state index contributed by atoms with van der Waals surface area (Å²) in [5, 5.41) is 26.1. The van der Waals surface area contributed by atoms with E-state index in [1.165, 1.54) is 28.8 Å². The van der Waals surface area contributed by atoms with Gasteiger partial charge in [0.15, 0.2) is 17.7 Å². The molecule has 0 spiro atoms. The third-order valence-electron chi connectivity index (χ3n) is 6.93. The van der Waals surface area contributed by atoms with Crippen LogP contribution in [0.3, 0.4) is 0 Å². The second-order valence-electron chi connectivity index (χ2n) is 9.17. The number of hydrogen-bond acceptors (Lipinski definition) is 8. The first kappa shape index (κ1) is 22.8. The van der Waals surface area contributed by atoms with Gasteiger partial charge in [0.2, 0.25) is 0 Å². The lowest BCUT2D eigenvalue weighted by atomic mass is 9.99. The summed E-state index contributed by atoms with van der Waals surface area (Å²) >= 11 is 0. The molecule has 0 amide bonds. The maximum Gasteiger partial charge on any atom is 0.167 e. The van der Waals surface area contributed by atoms with Crippen LogP contribution in [0.15, 0.2) is 67.3 Å². The molecule has 9 heteroatoms. The second-order valence-corrected chi connectivity index (χ2v) is 9.17. The zero-order valence-corrected chi connectivity index (χ0v) is 19.7. The maximum absolute atomic E-state index is 10.7. The van der Waals surface area contributed by atoms with Crippen LogP contribution in [0.25, 0.3) is 32.7 Å². The predicted octanol–water partition coefficient (Wildman–Crippen LogP) is 3.50. The van der Waals surface area contributed by atoms with E-state index in [1.54, 1.807) is 4.57 Å². The average Bonchev–Trinajstić information content (AvgIpc) is 3.45. The molecule has 1 saturated heterocycles. The average molecular weight is 486 g/mol. The Morgan fingerprint density at radius 3 is 2.50 bits per heavy atom. The van der Waals surface area contributed by atoms with Crippen molar-refractivity contribution >= 4 is 38.5 Å². The Morgan fingerprint density at radius 1 is 0.972 bits per heavy atom. The number of benzene rings is 3. The van der Waals surface area contributed by atoms with Crippen molar-refractivity contribution in [2.45, 2.75) is 44.0 Å². The number of aromatic nitrogens is 4. The Hall–Kier alpha value is -3.63. The highest BCUT2D eigenvalue weighted by Crippen LogP contribution is 2.34. The van der Waals surface area contributed by atoms with Crippen LogP contribution in [-0.2, 0) is 9.47 Å². The highest BCUT2D eigenvalue weighted by atomic mass is 16.6. The van der Waals surface area contributed by atoms with Gasteiger partial charge in [-0.15, -0.1) is 0 Å². The second kappa shape index (κ2) is 9.11. The molecular formula is C27H27N5O4. The van der Waals surface area contributed by atoms with E-state index in [0.717, 1.165) is 17.4 Å². The summed E-state index contributed by atoms with van der Waals surface area (Å²) in [6.45, 7) is 2.17. The van der Waals surface area contributed by atoms with Gasteiger partial charge in [-0.05, 0) is 51.7 Å². The van der Waals surface area contributed by atoms with Crippen molar-refractivity contribution in [3.8, 4) is 0 Å². The summed E-state index contributed by atoms with van der Waals surface area (Å²) in [5.41, 5.74) is 7.77. The van der Waals surface area contributed by atoms with Gasteiger partial charge < -0.3 is 25.4 Å². The molecule has 1 aliphatic heterocycles. The molecule has 1 unspecified atom stereocenters. The molecule has 184 valence electrons. The fourth-order valence-electron chi connectivity index (χ4n) is 4.97. The molecule has 1 aliphatic rings. The van der Waals surface area contributed by atoms with Crippen LogP contribution >= 0.6 is 0 Å². The highest BCUT2D eigenvalue weighted by molar-refractivity contribution is 5.98. The smallest absolute Gasteiger partial charge is 0.167 e. The molecule has 36 heavy (non-hydrogen) atoms. The van der Waals surface area contributed by atoms with Crippen LogP contribution < -0.4 is 5.73 Å². The Kier molecular flexibility index (Phi) is 5.77. The monoisotopic (exact) mass is 485 g/mol. The number of nitrogens with zero attached hydrogens (tertiary/aromatic N) is 4. The summed E-state index contributed by atoms with van der Waals surface area (Å²) in [6, 6.07) is 19.0. The van der Waals surface area contributed by atoms with Crippen molar-refractivity contribution in [2.75, 3.05) is 12.3 Å². The number of nitrogen functional groups attached to an aromatic ring is 1. The Balaban J connectivity index is 1.20. The molecule has 5 aromatic rings. The Labute approximate surface area is 207 Å². The van der Waals surface area contributed by atoms with Crippen LogP contribution in [0.5, 0.6) is 0 Å². The van der Waals surface area contributed by atoms with Crippen molar-refractivity contribution in [2.24, 2.45) is 0 Å². The number of hydrogen-bond donors (Lipinski definition) is 3. The fourth-order valence-corrected chi connectivity index (χ4v) is 4.97. The summed E-state index contributed by atoms with van der Waals surface area (Å²) in [5.74, 6) is 0.237. The summed E-state index contributed by atoms with van der Waals surface area (Å²) in [7, 11) is 0. The van der Waals surface area contributed by atoms with Gasteiger partial charge >= 0.3 is 0 Å². The lowest BCUT2D eigenvalue weighted by Crippen LogP contribution is -2.34. The first-order chi connectivity index (χ1) is 17.5. The number of imidazole rings is 1. The minimum absolute atomic E-state index is 0.118. The molecule has 5 atom stereocenters. The molecule has 1 fully saturated rings. The van der Waals surface area contributed by atoms with Crippen molar-refractivity contribution in [3.63, 3.8) is 0 Å². The standard InChI is InChI=1S/C27H27N5O4/c1-2-20(18-8-7-17-9-15-5-3-4-6-16(15)10-19(17)11-18)35-12-21-23(33)24(34)27(36-21)32-14-31-22-25(28)29-13-30-26(22)32/h3-11,13-14,20-21,23-24,27,33-34H,2,12H2,1H3,(H2,28,29,30)/t20?,21-,23-,24-,27-/m1/s1.